The highest BCUT2D eigenvalue weighted by Gasteiger charge is 2.59. The molecule has 2 unspecified atom stereocenters. The minimum Gasteiger partial charge on any atom is -0.369 e. The van der Waals surface area contributed by atoms with Crippen molar-refractivity contribution in [2.75, 3.05) is 6.54 Å². The molecule has 2 atom stereocenters. The molecule has 0 saturated heterocycles. The van der Waals surface area contributed by atoms with Crippen molar-refractivity contribution in [3.8, 4) is 0 Å². The zero-order valence-corrected chi connectivity index (χ0v) is 18.4. The lowest BCUT2D eigenvalue weighted by Crippen LogP contribution is -2.62. The summed E-state index contributed by atoms with van der Waals surface area (Å²) in [5.41, 5.74) is 4.46. The first-order valence-corrected chi connectivity index (χ1v) is 12.6. The van der Waals surface area contributed by atoms with Gasteiger partial charge in [0.15, 0.2) is 11.6 Å². The first-order chi connectivity index (χ1) is 15.0. The number of nitrogens with two attached hydrogens (primary N) is 1. The topological polar surface area (TPSA) is 118 Å². The van der Waals surface area contributed by atoms with Crippen molar-refractivity contribution in [2.45, 2.75) is 55.9 Å². The van der Waals surface area contributed by atoms with Gasteiger partial charge < -0.3 is 11.1 Å². The van der Waals surface area contributed by atoms with Crippen LogP contribution in [-0.2, 0) is 19.6 Å². The first-order valence-electron chi connectivity index (χ1n) is 11.1. The van der Waals surface area contributed by atoms with Gasteiger partial charge in [-0.2, -0.15) is 0 Å². The van der Waals surface area contributed by atoms with Crippen molar-refractivity contribution in [1.82, 2.24) is 10.0 Å². The number of hydrogen-bond acceptors (Lipinski definition) is 4. The molecule has 0 aliphatic heterocycles. The predicted molar refractivity (Wildman–Crippen MR) is 110 cm³/mol. The Labute approximate surface area is 185 Å². The van der Waals surface area contributed by atoms with Crippen LogP contribution in [0.25, 0.3) is 0 Å². The van der Waals surface area contributed by atoms with Gasteiger partial charge in [0.25, 0.3) is 0 Å². The Bertz CT molecular complexity index is 1070. The van der Waals surface area contributed by atoms with E-state index in [4.69, 9.17) is 5.73 Å². The maximum Gasteiger partial charge on any atom is 0.240 e. The Kier molecular flexibility index (Phi) is 4.91. The van der Waals surface area contributed by atoms with Gasteiger partial charge in [0.05, 0.1) is 10.3 Å². The van der Waals surface area contributed by atoms with Crippen LogP contribution in [0.5, 0.6) is 0 Å². The van der Waals surface area contributed by atoms with E-state index >= 15 is 0 Å². The van der Waals surface area contributed by atoms with Crippen LogP contribution in [0.15, 0.2) is 23.1 Å². The van der Waals surface area contributed by atoms with Gasteiger partial charge in [0.2, 0.25) is 21.8 Å². The standard InChI is InChI=1S/C22H27F2N3O4S/c23-16-2-1-15(7-17(16)24)32(30,31)26-11-21(3-4-21)20(29)27-18-13-5-12-6-14(18)10-22(8-12,9-13)19(25)28/h1-2,7,12-14,18,26H,3-6,8-11H2,(H2,25,28)(H,27,29). The first kappa shape index (κ1) is 21.8. The largest absolute Gasteiger partial charge is 0.369 e. The summed E-state index contributed by atoms with van der Waals surface area (Å²) in [5.74, 6) is -1.88. The average molecular weight is 468 g/mol. The maximum atomic E-state index is 13.4. The fourth-order valence-corrected chi connectivity index (χ4v) is 7.60. The number of nitrogens with one attached hydrogen (secondary N) is 2. The molecule has 6 rings (SSSR count). The lowest BCUT2D eigenvalue weighted by atomic mass is 9.47. The molecule has 1 aromatic carbocycles. The summed E-state index contributed by atoms with van der Waals surface area (Å²) in [4.78, 5) is 24.9. The third-order valence-corrected chi connectivity index (χ3v) is 9.63. The van der Waals surface area contributed by atoms with Crippen LogP contribution in [0, 0.1) is 40.2 Å². The molecule has 7 nitrogen and oxygen atoms in total. The van der Waals surface area contributed by atoms with Crippen molar-refractivity contribution in [1.29, 1.82) is 0 Å². The molecule has 0 spiro atoms. The van der Waals surface area contributed by atoms with Crippen LogP contribution in [0.4, 0.5) is 8.78 Å². The molecule has 4 N–H and O–H groups in total. The van der Waals surface area contributed by atoms with Crippen LogP contribution in [0.2, 0.25) is 0 Å². The Hall–Kier alpha value is -2.07. The van der Waals surface area contributed by atoms with Gasteiger partial charge in [-0.3, -0.25) is 9.59 Å². The highest BCUT2D eigenvalue weighted by molar-refractivity contribution is 7.89. The lowest BCUT2D eigenvalue weighted by Gasteiger charge is -2.59. The molecule has 32 heavy (non-hydrogen) atoms. The van der Waals surface area contributed by atoms with Gasteiger partial charge in [-0.15, -0.1) is 0 Å². The van der Waals surface area contributed by atoms with E-state index in [0.29, 0.717) is 37.7 Å². The summed E-state index contributed by atoms with van der Waals surface area (Å²) in [6.07, 6.45) is 5.32. The normalized spacial score (nSPS) is 34.3. The Morgan fingerprint density at radius 2 is 1.72 bits per heavy atom. The summed E-state index contributed by atoms with van der Waals surface area (Å²) >= 11 is 0. The van der Waals surface area contributed by atoms with E-state index in [0.717, 1.165) is 31.4 Å². The molecule has 1 aromatic rings. The second-order valence-corrected chi connectivity index (χ2v) is 12.1. The molecule has 0 heterocycles. The molecule has 10 heteroatoms. The molecular formula is C22H27F2N3O4S. The van der Waals surface area contributed by atoms with Gasteiger partial charge in [-0.25, -0.2) is 21.9 Å². The fraction of sp³-hybridized carbons (Fsp3) is 0.636. The van der Waals surface area contributed by atoms with Crippen molar-refractivity contribution in [3.05, 3.63) is 29.8 Å². The third-order valence-electron chi connectivity index (χ3n) is 8.23. The fourth-order valence-electron chi connectivity index (χ4n) is 6.46. The monoisotopic (exact) mass is 467 g/mol. The molecular weight excluding hydrogens is 440 g/mol. The molecule has 5 aliphatic carbocycles. The molecule has 174 valence electrons. The second-order valence-electron chi connectivity index (χ2n) is 10.3. The van der Waals surface area contributed by atoms with E-state index in [1.165, 1.54) is 0 Å². The number of hydrogen-bond donors (Lipinski definition) is 3. The van der Waals surface area contributed by atoms with Crippen LogP contribution in [0.1, 0.15) is 44.9 Å². The second kappa shape index (κ2) is 7.21. The number of amides is 2. The van der Waals surface area contributed by atoms with Crippen LogP contribution >= 0.6 is 0 Å². The average Bonchev–Trinajstić information content (AvgIpc) is 3.52. The van der Waals surface area contributed by atoms with Gasteiger partial charge in [-0.1, -0.05) is 0 Å². The minimum atomic E-state index is -4.08. The Balaban J connectivity index is 1.25. The number of benzene rings is 1. The number of carbonyl (C=O) groups is 2. The van der Waals surface area contributed by atoms with Crippen molar-refractivity contribution >= 4 is 21.8 Å². The van der Waals surface area contributed by atoms with Gasteiger partial charge in [0, 0.05) is 18.0 Å². The van der Waals surface area contributed by atoms with Crippen LogP contribution < -0.4 is 15.8 Å². The van der Waals surface area contributed by atoms with E-state index in [2.05, 4.69) is 10.0 Å². The van der Waals surface area contributed by atoms with Gasteiger partial charge in [0.1, 0.15) is 0 Å². The lowest BCUT2D eigenvalue weighted by molar-refractivity contribution is -0.148. The van der Waals surface area contributed by atoms with Crippen LogP contribution in [-0.4, -0.2) is 32.8 Å². The smallest absolute Gasteiger partial charge is 0.240 e. The number of halogens is 2. The SMILES string of the molecule is NC(=O)C12CC3CC(C1)C(NC(=O)C1(CNS(=O)(=O)c4ccc(F)c(F)c4)CC1)C(C3)C2. The molecule has 5 aliphatic rings. The van der Waals surface area contributed by atoms with E-state index in [1.807, 2.05) is 0 Å². The Morgan fingerprint density at radius 1 is 1.06 bits per heavy atom. The molecule has 0 aromatic heterocycles. The minimum absolute atomic E-state index is 0.0215. The zero-order valence-electron chi connectivity index (χ0n) is 17.6. The quantitative estimate of drug-likeness (QED) is 0.567. The summed E-state index contributed by atoms with van der Waals surface area (Å²) in [6.45, 7) is -0.101. The molecule has 0 radical (unpaired) electrons. The van der Waals surface area contributed by atoms with Crippen LogP contribution in [0.3, 0.4) is 0 Å². The molecule has 2 amide bonds. The van der Waals surface area contributed by atoms with E-state index < -0.39 is 32.5 Å². The number of primary amides is 1. The van der Waals surface area contributed by atoms with Crippen molar-refractivity contribution in [2.24, 2.45) is 34.3 Å². The highest BCUT2D eigenvalue weighted by Crippen LogP contribution is 2.60. The molecule has 4 bridgehead atoms. The number of carbonyl (C=O) groups excluding carboxylic acids is 2. The summed E-state index contributed by atoms with van der Waals surface area (Å²) in [7, 11) is -4.08. The molecule has 5 fully saturated rings. The van der Waals surface area contributed by atoms with Crippen molar-refractivity contribution in [3.63, 3.8) is 0 Å². The summed E-state index contributed by atoms with van der Waals surface area (Å²) in [5, 5.41) is 3.18. The Morgan fingerprint density at radius 3 is 2.28 bits per heavy atom. The highest BCUT2D eigenvalue weighted by atomic mass is 32.2. The maximum absolute atomic E-state index is 13.4. The van der Waals surface area contributed by atoms with E-state index in [1.54, 1.807) is 0 Å². The molecule has 5 saturated carbocycles. The van der Waals surface area contributed by atoms with Gasteiger partial charge >= 0.3 is 0 Å². The summed E-state index contributed by atoms with van der Waals surface area (Å²) in [6, 6.07) is 2.35. The van der Waals surface area contributed by atoms with E-state index in [-0.39, 0.29) is 41.1 Å². The number of sulfonamides is 1. The van der Waals surface area contributed by atoms with Gasteiger partial charge in [-0.05, 0) is 80.9 Å². The summed E-state index contributed by atoms with van der Waals surface area (Å²) < 4.78 is 54.0. The zero-order chi connectivity index (χ0) is 22.9. The predicted octanol–water partition coefficient (Wildman–Crippen LogP) is 1.82. The van der Waals surface area contributed by atoms with E-state index in [9.17, 15) is 26.8 Å². The third kappa shape index (κ3) is 3.51. The van der Waals surface area contributed by atoms with Crippen molar-refractivity contribution < 1.29 is 26.8 Å². The number of rotatable bonds is 7.